The van der Waals surface area contributed by atoms with Crippen LogP contribution in [0.1, 0.15) is 42.2 Å². The Balaban J connectivity index is 1.93. The van der Waals surface area contributed by atoms with E-state index < -0.39 is 6.04 Å². The van der Waals surface area contributed by atoms with Gasteiger partial charge in [-0.1, -0.05) is 36.4 Å². The highest BCUT2D eigenvalue weighted by atomic mass is 35.5. The molecule has 2 heterocycles. The van der Waals surface area contributed by atoms with E-state index in [1.165, 1.54) is 0 Å². The predicted octanol–water partition coefficient (Wildman–Crippen LogP) is 4.21. The van der Waals surface area contributed by atoms with Crippen LogP contribution in [0.5, 0.6) is 5.75 Å². The molecule has 3 aromatic rings. The second-order valence-electron chi connectivity index (χ2n) is 7.38. The number of nitrogens with zero attached hydrogens (tertiary/aromatic N) is 4. The molecule has 0 bridgehead atoms. The fraction of sp³-hybridized carbons (Fsp3) is 0.250. The van der Waals surface area contributed by atoms with Gasteiger partial charge in [0.15, 0.2) is 5.82 Å². The lowest BCUT2D eigenvalue weighted by molar-refractivity contribution is -0.121. The van der Waals surface area contributed by atoms with Crippen LogP contribution in [0.15, 0.2) is 60.1 Å². The van der Waals surface area contributed by atoms with E-state index >= 15 is 0 Å². The quantitative estimate of drug-likeness (QED) is 0.548. The number of hydrogen-bond acceptors (Lipinski definition) is 5. The normalized spacial score (nSPS) is 14.6. The molecule has 1 N–H and O–H groups in total. The molecule has 1 aromatic heterocycles. The van der Waals surface area contributed by atoms with Crippen molar-refractivity contribution in [2.75, 3.05) is 13.2 Å². The maximum Gasteiger partial charge on any atom is 0.222 e. The van der Waals surface area contributed by atoms with E-state index in [1.54, 1.807) is 6.08 Å². The number of amides is 1. The van der Waals surface area contributed by atoms with Gasteiger partial charge in [-0.05, 0) is 44.2 Å². The van der Waals surface area contributed by atoms with Crippen LogP contribution in [0.4, 0.5) is 0 Å². The van der Waals surface area contributed by atoms with Crippen LogP contribution in [0.25, 0.3) is 5.69 Å². The topological polar surface area (TPSA) is 81.4 Å². The first-order valence-electron chi connectivity index (χ1n) is 10.4. The fourth-order valence-electron chi connectivity index (χ4n) is 3.74. The summed E-state index contributed by atoms with van der Waals surface area (Å²) >= 11 is 6.13. The van der Waals surface area contributed by atoms with Crippen molar-refractivity contribution in [3.8, 4) is 11.4 Å². The molecule has 1 aliphatic heterocycles. The highest BCUT2D eigenvalue weighted by Crippen LogP contribution is 2.34. The van der Waals surface area contributed by atoms with Crippen LogP contribution in [-0.4, -0.2) is 39.5 Å². The minimum absolute atomic E-state index is 0.0927. The minimum atomic E-state index is -0.502. The van der Waals surface area contributed by atoms with Gasteiger partial charge in [-0.15, -0.1) is 10.2 Å². The van der Waals surface area contributed by atoms with Crippen LogP contribution < -0.4 is 10.1 Å². The maximum absolute atomic E-state index is 12.5. The number of aromatic nitrogens is 3. The van der Waals surface area contributed by atoms with E-state index in [2.05, 4.69) is 22.1 Å². The number of aryl methyl sites for hydroxylation is 1. The summed E-state index contributed by atoms with van der Waals surface area (Å²) in [6, 6.07) is 12.8. The van der Waals surface area contributed by atoms with Crippen LogP contribution in [0.3, 0.4) is 0 Å². The third-order valence-corrected chi connectivity index (χ3v) is 5.39. The lowest BCUT2D eigenvalue weighted by Gasteiger charge is -2.14. The number of carbonyl (C=O) groups excluding carboxylic acids is 1. The summed E-state index contributed by atoms with van der Waals surface area (Å²) < 4.78 is 7.75. The summed E-state index contributed by atoms with van der Waals surface area (Å²) in [5.74, 6) is 1.94. The molecule has 1 amide bonds. The number of carbonyl (C=O) groups is 1. The average Bonchev–Trinajstić information content (AvgIpc) is 3.11. The van der Waals surface area contributed by atoms with E-state index in [0.717, 1.165) is 28.4 Å². The second-order valence-corrected chi connectivity index (χ2v) is 7.81. The number of halogens is 1. The zero-order valence-electron chi connectivity index (χ0n) is 18.0. The number of fused-ring (bicyclic) bond motifs is 3. The molecular weight excluding hydrogens is 426 g/mol. The molecule has 0 saturated heterocycles. The fourth-order valence-corrected chi connectivity index (χ4v) is 3.87. The molecule has 0 saturated carbocycles. The lowest BCUT2D eigenvalue weighted by atomic mass is 10.00. The SMILES string of the molecule is C=CCOc1ccc2c(c1)C(c1ccc(Cl)cc1)=NC(CC(=O)NCC)c1nnc(C)n1-2. The number of aliphatic imine (C=N–C) groups is 1. The standard InChI is InChI=1S/C24H24ClN5O2/c1-4-12-32-18-10-11-21-19(13-18)23(16-6-8-17(25)9-7-16)27-20(14-22(31)26-5-2)24-29-28-15(3)30(21)24/h4,6-11,13,20H,1,5,12,14H2,2-3H3,(H,26,31). The molecule has 0 fully saturated rings. The number of ether oxygens (including phenoxy) is 1. The van der Waals surface area contributed by atoms with Gasteiger partial charge in [0.05, 0.1) is 17.8 Å². The summed E-state index contributed by atoms with van der Waals surface area (Å²) in [6.45, 7) is 8.44. The van der Waals surface area contributed by atoms with Crippen molar-refractivity contribution in [3.05, 3.63) is 82.9 Å². The minimum Gasteiger partial charge on any atom is -0.490 e. The molecule has 32 heavy (non-hydrogen) atoms. The van der Waals surface area contributed by atoms with Gasteiger partial charge in [0.25, 0.3) is 0 Å². The third-order valence-electron chi connectivity index (χ3n) is 5.14. The molecule has 0 aliphatic carbocycles. The van der Waals surface area contributed by atoms with Gasteiger partial charge < -0.3 is 10.1 Å². The van der Waals surface area contributed by atoms with Gasteiger partial charge in [0.2, 0.25) is 5.91 Å². The summed E-state index contributed by atoms with van der Waals surface area (Å²) in [6.07, 6.45) is 1.86. The van der Waals surface area contributed by atoms with Crippen molar-refractivity contribution in [2.24, 2.45) is 4.99 Å². The van der Waals surface area contributed by atoms with Crippen molar-refractivity contribution in [2.45, 2.75) is 26.3 Å². The molecule has 7 nitrogen and oxygen atoms in total. The number of benzene rings is 2. The molecule has 0 radical (unpaired) electrons. The monoisotopic (exact) mass is 449 g/mol. The van der Waals surface area contributed by atoms with Gasteiger partial charge in [0.1, 0.15) is 24.2 Å². The summed E-state index contributed by atoms with van der Waals surface area (Å²) in [7, 11) is 0. The van der Waals surface area contributed by atoms with Crippen LogP contribution in [0.2, 0.25) is 5.02 Å². The van der Waals surface area contributed by atoms with Crippen molar-refractivity contribution in [1.82, 2.24) is 20.1 Å². The van der Waals surface area contributed by atoms with Gasteiger partial charge in [0, 0.05) is 22.7 Å². The first kappa shape index (κ1) is 21.8. The highest BCUT2D eigenvalue weighted by Gasteiger charge is 2.29. The van der Waals surface area contributed by atoms with Gasteiger partial charge in [-0.25, -0.2) is 0 Å². The molecule has 0 spiro atoms. The van der Waals surface area contributed by atoms with E-state index in [1.807, 2.05) is 60.9 Å². The lowest BCUT2D eigenvalue weighted by Crippen LogP contribution is -2.25. The van der Waals surface area contributed by atoms with Gasteiger partial charge in [-0.2, -0.15) is 0 Å². The van der Waals surface area contributed by atoms with Crippen molar-refractivity contribution >= 4 is 23.2 Å². The van der Waals surface area contributed by atoms with Crippen LogP contribution in [-0.2, 0) is 4.79 Å². The largest absolute Gasteiger partial charge is 0.490 e. The molecule has 2 aromatic carbocycles. The smallest absolute Gasteiger partial charge is 0.222 e. The van der Waals surface area contributed by atoms with Crippen molar-refractivity contribution in [3.63, 3.8) is 0 Å². The van der Waals surface area contributed by atoms with Gasteiger partial charge >= 0.3 is 0 Å². The van der Waals surface area contributed by atoms with Crippen molar-refractivity contribution in [1.29, 1.82) is 0 Å². The average molecular weight is 450 g/mol. The van der Waals surface area contributed by atoms with Crippen LogP contribution >= 0.6 is 11.6 Å². The molecule has 164 valence electrons. The Morgan fingerprint density at radius 1 is 1.25 bits per heavy atom. The molecular formula is C24H24ClN5O2. The summed E-state index contributed by atoms with van der Waals surface area (Å²) in [4.78, 5) is 17.5. The molecule has 1 atom stereocenters. The Morgan fingerprint density at radius 3 is 2.75 bits per heavy atom. The maximum atomic E-state index is 12.5. The third kappa shape index (κ3) is 4.29. The Labute approximate surface area is 191 Å². The molecule has 8 heteroatoms. The van der Waals surface area contributed by atoms with Gasteiger partial charge in [-0.3, -0.25) is 14.4 Å². The van der Waals surface area contributed by atoms with E-state index in [0.29, 0.717) is 29.7 Å². The van der Waals surface area contributed by atoms with E-state index in [4.69, 9.17) is 21.3 Å². The number of nitrogens with one attached hydrogen (secondary N) is 1. The Kier molecular flexibility index (Phi) is 6.37. The molecule has 1 unspecified atom stereocenters. The Morgan fingerprint density at radius 2 is 2.03 bits per heavy atom. The molecule has 4 rings (SSSR count). The van der Waals surface area contributed by atoms with Crippen LogP contribution in [0, 0.1) is 6.92 Å². The summed E-state index contributed by atoms with van der Waals surface area (Å²) in [5.41, 5.74) is 3.35. The Hall–Kier alpha value is -3.45. The Bertz CT molecular complexity index is 1180. The molecule has 1 aliphatic rings. The van der Waals surface area contributed by atoms with E-state index in [9.17, 15) is 4.79 Å². The predicted molar refractivity (Wildman–Crippen MR) is 125 cm³/mol. The zero-order valence-corrected chi connectivity index (χ0v) is 18.8. The second kappa shape index (κ2) is 9.36. The zero-order chi connectivity index (χ0) is 22.7. The first-order chi connectivity index (χ1) is 15.5. The van der Waals surface area contributed by atoms with Crippen molar-refractivity contribution < 1.29 is 9.53 Å². The number of rotatable bonds is 7. The van der Waals surface area contributed by atoms with E-state index in [-0.39, 0.29) is 12.3 Å². The number of hydrogen-bond donors (Lipinski definition) is 1. The highest BCUT2D eigenvalue weighted by molar-refractivity contribution is 6.30. The summed E-state index contributed by atoms with van der Waals surface area (Å²) in [5, 5.41) is 12.1. The first-order valence-corrected chi connectivity index (χ1v) is 10.8.